The van der Waals surface area contributed by atoms with Gasteiger partial charge in [0, 0.05) is 0 Å². The summed E-state index contributed by atoms with van der Waals surface area (Å²) < 4.78 is 0. The first kappa shape index (κ1) is 15.0. The highest BCUT2D eigenvalue weighted by Crippen LogP contribution is 2.06. The third-order valence-electron chi connectivity index (χ3n) is 3.04. The zero-order chi connectivity index (χ0) is 11.4. The average molecular weight is 213 g/mol. The molecule has 1 heterocycles. The van der Waals surface area contributed by atoms with E-state index in [1.165, 1.54) is 70.9 Å². The zero-order valence-corrected chi connectivity index (χ0v) is 11.2. The molecule has 0 aromatic carbocycles. The van der Waals surface area contributed by atoms with E-state index in [1.54, 1.807) is 0 Å². The summed E-state index contributed by atoms with van der Waals surface area (Å²) in [4.78, 5) is 2.42. The lowest BCUT2D eigenvalue weighted by atomic mass is 10.2. The van der Waals surface area contributed by atoms with Crippen LogP contribution >= 0.6 is 0 Å². The quantitative estimate of drug-likeness (QED) is 0.623. The molecule has 0 radical (unpaired) electrons. The van der Waals surface area contributed by atoms with Gasteiger partial charge < -0.3 is 4.90 Å². The molecule has 1 aliphatic rings. The highest BCUT2D eigenvalue weighted by Gasteiger charge is 2.01. The summed E-state index contributed by atoms with van der Waals surface area (Å²) in [6.07, 6.45) is 12.7. The van der Waals surface area contributed by atoms with Gasteiger partial charge >= 0.3 is 0 Å². The van der Waals surface area contributed by atoms with E-state index in [2.05, 4.69) is 25.8 Å². The standard InChI is InChI=1S/C7H15N.C7H16/c1-8-6-4-2-3-5-7-8;1-3-5-7-6-4-2/h2-7H2,1H3;3-7H2,1-2H3. The van der Waals surface area contributed by atoms with Gasteiger partial charge in [0.1, 0.15) is 0 Å². The first-order valence-electron chi connectivity index (χ1n) is 6.99. The summed E-state index contributed by atoms with van der Waals surface area (Å²) >= 11 is 0. The van der Waals surface area contributed by atoms with Gasteiger partial charge in [0.05, 0.1) is 0 Å². The minimum absolute atomic E-state index is 1.32. The van der Waals surface area contributed by atoms with Gasteiger partial charge in [0.15, 0.2) is 0 Å². The summed E-state index contributed by atoms with van der Waals surface area (Å²) in [6.45, 7) is 7.13. The van der Waals surface area contributed by atoms with Gasteiger partial charge in [-0.15, -0.1) is 0 Å². The van der Waals surface area contributed by atoms with E-state index in [0.717, 1.165) is 0 Å². The molecule has 0 spiro atoms. The van der Waals surface area contributed by atoms with Crippen molar-refractivity contribution in [2.24, 2.45) is 0 Å². The van der Waals surface area contributed by atoms with E-state index in [9.17, 15) is 0 Å². The van der Waals surface area contributed by atoms with Gasteiger partial charge in [0.25, 0.3) is 0 Å². The van der Waals surface area contributed by atoms with Crippen molar-refractivity contribution in [3.05, 3.63) is 0 Å². The van der Waals surface area contributed by atoms with Gasteiger partial charge in [-0.2, -0.15) is 0 Å². The van der Waals surface area contributed by atoms with Crippen molar-refractivity contribution in [1.82, 2.24) is 4.90 Å². The average Bonchev–Trinajstić information content (AvgIpc) is 2.48. The second-order valence-corrected chi connectivity index (χ2v) is 4.78. The third kappa shape index (κ3) is 11.9. The molecule has 0 aromatic heterocycles. The minimum atomic E-state index is 1.32. The van der Waals surface area contributed by atoms with Gasteiger partial charge in [-0.05, 0) is 33.0 Å². The first-order chi connectivity index (χ1) is 7.31. The minimum Gasteiger partial charge on any atom is -0.306 e. The van der Waals surface area contributed by atoms with Crippen molar-refractivity contribution in [3.8, 4) is 0 Å². The first-order valence-corrected chi connectivity index (χ1v) is 6.99. The maximum Gasteiger partial charge on any atom is -0.00218 e. The molecule has 0 aliphatic carbocycles. The Kier molecular flexibility index (Phi) is 12.0. The van der Waals surface area contributed by atoms with Crippen molar-refractivity contribution in [3.63, 3.8) is 0 Å². The van der Waals surface area contributed by atoms with E-state index in [4.69, 9.17) is 0 Å². The molecule has 1 heteroatoms. The Balaban J connectivity index is 0.000000265. The zero-order valence-electron chi connectivity index (χ0n) is 11.2. The highest BCUT2D eigenvalue weighted by atomic mass is 15.1. The Labute approximate surface area is 97.2 Å². The van der Waals surface area contributed by atoms with Gasteiger partial charge in [-0.3, -0.25) is 0 Å². The predicted octanol–water partition coefficient (Wildman–Crippen LogP) is 4.47. The smallest absolute Gasteiger partial charge is 0.00218 e. The lowest BCUT2D eigenvalue weighted by Gasteiger charge is -2.10. The largest absolute Gasteiger partial charge is 0.306 e. The predicted molar refractivity (Wildman–Crippen MR) is 70.4 cm³/mol. The molecular formula is C14H31N. The van der Waals surface area contributed by atoms with Crippen LogP contribution in [0.3, 0.4) is 0 Å². The van der Waals surface area contributed by atoms with Crippen molar-refractivity contribution in [1.29, 1.82) is 0 Å². The number of likely N-dealkylation sites (tertiary alicyclic amines) is 1. The molecule has 1 rings (SSSR count). The summed E-state index contributed by atoms with van der Waals surface area (Å²) in [6, 6.07) is 0. The molecular weight excluding hydrogens is 182 g/mol. The van der Waals surface area contributed by atoms with Crippen LogP contribution in [0.25, 0.3) is 0 Å². The SMILES string of the molecule is CCCCCCC.CN1CCCCCC1. The van der Waals surface area contributed by atoms with Crippen LogP contribution in [0.1, 0.15) is 71.6 Å². The summed E-state index contributed by atoms with van der Waals surface area (Å²) in [5.74, 6) is 0. The number of rotatable bonds is 4. The van der Waals surface area contributed by atoms with Crippen molar-refractivity contribution in [2.75, 3.05) is 20.1 Å². The fourth-order valence-corrected chi connectivity index (χ4v) is 1.91. The monoisotopic (exact) mass is 213 g/mol. The maximum absolute atomic E-state index is 2.42. The molecule has 0 bridgehead atoms. The summed E-state index contributed by atoms with van der Waals surface area (Å²) in [5, 5.41) is 0. The molecule has 0 unspecified atom stereocenters. The number of unbranched alkanes of at least 4 members (excludes halogenated alkanes) is 4. The molecule has 1 fully saturated rings. The fourth-order valence-electron chi connectivity index (χ4n) is 1.91. The van der Waals surface area contributed by atoms with Crippen LogP contribution in [-0.4, -0.2) is 25.0 Å². The molecule has 0 saturated carbocycles. The summed E-state index contributed by atoms with van der Waals surface area (Å²) in [7, 11) is 2.21. The van der Waals surface area contributed by atoms with Crippen molar-refractivity contribution in [2.45, 2.75) is 71.6 Å². The molecule has 0 atom stereocenters. The van der Waals surface area contributed by atoms with Crippen LogP contribution in [0.5, 0.6) is 0 Å². The van der Waals surface area contributed by atoms with E-state index >= 15 is 0 Å². The molecule has 0 aromatic rings. The van der Waals surface area contributed by atoms with Crippen LogP contribution in [0.15, 0.2) is 0 Å². The Morgan fingerprint density at radius 2 is 1.20 bits per heavy atom. The topological polar surface area (TPSA) is 3.24 Å². The molecule has 15 heavy (non-hydrogen) atoms. The number of hydrogen-bond acceptors (Lipinski definition) is 1. The maximum atomic E-state index is 2.42. The second kappa shape index (κ2) is 12.0. The van der Waals surface area contributed by atoms with Crippen LogP contribution in [0.2, 0.25) is 0 Å². The number of nitrogens with zero attached hydrogens (tertiary/aromatic N) is 1. The van der Waals surface area contributed by atoms with E-state index < -0.39 is 0 Å². The molecule has 1 saturated heterocycles. The normalized spacial score (nSPS) is 17.8. The molecule has 0 N–H and O–H groups in total. The van der Waals surface area contributed by atoms with E-state index in [-0.39, 0.29) is 0 Å². The Bertz CT molecular complexity index is 99.9. The molecule has 1 nitrogen and oxygen atoms in total. The van der Waals surface area contributed by atoms with Crippen LogP contribution < -0.4 is 0 Å². The van der Waals surface area contributed by atoms with Gasteiger partial charge in [0.2, 0.25) is 0 Å². The molecule has 92 valence electrons. The Morgan fingerprint density at radius 3 is 1.60 bits per heavy atom. The van der Waals surface area contributed by atoms with Crippen LogP contribution in [0.4, 0.5) is 0 Å². The Hall–Kier alpha value is -0.0400. The number of hydrogen-bond donors (Lipinski definition) is 0. The van der Waals surface area contributed by atoms with E-state index in [1.807, 2.05) is 0 Å². The van der Waals surface area contributed by atoms with Crippen molar-refractivity contribution < 1.29 is 0 Å². The fraction of sp³-hybridized carbons (Fsp3) is 1.00. The summed E-state index contributed by atoms with van der Waals surface area (Å²) in [5.41, 5.74) is 0. The van der Waals surface area contributed by atoms with Gasteiger partial charge in [-0.1, -0.05) is 58.8 Å². The molecule has 1 aliphatic heterocycles. The van der Waals surface area contributed by atoms with E-state index in [0.29, 0.717) is 0 Å². The lowest BCUT2D eigenvalue weighted by molar-refractivity contribution is 0.349. The second-order valence-electron chi connectivity index (χ2n) is 4.78. The highest BCUT2D eigenvalue weighted by molar-refractivity contribution is 4.57. The lowest BCUT2D eigenvalue weighted by Crippen LogP contribution is -2.18. The van der Waals surface area contributed by atoms with Gasteiger partial charge in [-0.25, -0.2) is 0 Å². The van der Waals surface area contributed by atoms with Crippen LogP contribution in [0, 0.1) is 0 Å². The van der Waals surface area contributed by atoms with Crippen LogP contribution in [-0.2, 0) is 0 Å². The van der Waals surface area contributed by atoms with Crippen molar-refractivity contribution >= 4 is 0 Å². The molecule has 0 amide bonds. The Morgan fingerprint density at radius 1 is 0.733 bits per heavy atom. The third-order valence-corrected chi connectivity index (χ3v) is 3.04.